The van der Waals surface area contributed by atoms with Crippen LogP contribution in [0, 0.1) is 0 Å². The largest absolute Gasteiger partial charge is 0.310 e. The van der Waals surface area contributed by atoms with Crippen LogP contribution >= 0.6 is 0 Å². The van der Waals surface area contributed by atoms with E-state index < -0.39 is 5.41 Å². The number of anilines is 3. The van der Waals surface area contributed by atoms with Crippen molar-refractivity contribution in [3.05, 3.63) is 247 Å². The molecule has 1 heteroatoms. The molecule has 0 amide bonds. The van der Waals surface area contributed by atoms with Gasteiger partial charge in [0.25, 0.3) is 0 Å². The van der Waals surface area contributed by atoms with Gasteiger partial charge in [-0.3, -0.25) is 0 Å². The van der Waals surface area contributed by atoms with E-state index in [1.54, 1.807) is 0 Å². The van der Waals surface area contributed by atoms with E-state index >= 15 is 0 Å². The first-order valence-corrected chi connectivity index (χ1v) is 19.4. The molecular formula is C55H37N. The summed E-state index contributed by atoms with van der Waals surface area (Å²) in [5.74, 6) is 0. The Morgan fingerprint density at radius 1 is 0.268 bits per heavy atom. The van der Waals surface area contributed by atoms with Crippen molar-refractivity contribution in [2.45, 2.75) is 5.41 Å². The van der Waals surface area contributed by atoms with Crippen LogP contribution in [0.15, 0.2) is 224 Å². The number of benzene rings is 9. The number of hydrogen-bond acceptors (Lipinski definition) is 1. The molecule has 0 N–H and O–H groups in total. The van der Waals surface area contributed by atoms with Gasteiger partial charge in [-0.2, -0.15) is 0 Å². The molecule has 1 spiro atoms. The molecule has 0 saturated carbocycles. The van der Waals surface area contributed by atoms with Crippen molar-refractivity contribution >= 4 is 17.1 Å². The summed E-state index contributed by atoms with van der Waals surface area (Å²) < 4.78 is 0. The quantitative estimate of drug-likeness (QED) is 0.166. The molecule has 2 aliphatic carbocycles. The van der Waals surface area contributed by atoms with Gasteiger partial charge < -0.3 is 4.90 Å². The minimum atomic E-state index is -0.505. The Kier molecular flexibility index (Phi) is 7.47. The molecule has 1 nitrogen and oxygen atoms in total. The molecule has 262 valence electrons. The van der Waals surface area contributed by atoms with E-state index in [9.17, 15) is 0 Å². The van der Waals surface area contributed by atoms with Gasteiger partial charge in [-0.25, -0.2) is 0 Å². The highest BCUT2D eigenvalue weighted by molar-refractivity contribution is 6.01. The third-order valence-corrected chi connectivity index (χ3v) is 11.9. The highest BCUT2D eigenvalue weighted by Gasteiger charge is 2.53. The van der Waals surface area contributed by atoms with Crippen LogP contribution in [-0.4, -0.2) is 0 Å². The summed E-state index contributed by atoms with van der Waals surface area (Å²) in [6, 6.07) is 82.5. The van der Waals surface area contributed by atoms with E-state index in [0.717, 1.165) is 11.4 Å². The zero-order chi connectivity index (χ0) is 37.1. The first-order valence-electron chi connectivity index (χ1n) is 19.4. The molecule has 0 bridgehead atoms. The molecule has 56 heavy (non-hydrogen) atoms. The predicted octanol–water partition coefficient (Wildman–Crippen LogP) is 14.5. The fourth-order valence-electron chi connectivity index (χ4n) is 9.55. The second-order valence-corrected chi connectivity index (χ2v) is 14.8. The fourth-order valence-corrected chi connectivity index (χ4v) is 9.55. The summed E-state index contributed by atoms with van der Waals surface area (Å²) in [6.45, 7) is 0. The van der Waals surface area contributed by atoms with Crippen molar-refractivity contribution in [2.75, 3.05) is 4.90 Å². The van der Waals surface area contributed by atoms with Crippen LogP contribution in [0.25, 0.3) is 55.6 Å². The Labute approximate surface area is 328 Å². The van der Waals surface area contributed by atoms with Crippen LogP contribution in [0.3, 0.4) is 0 Å². The van der Waals surface area contributed by atoms with Crippen LogP contribution in [0.1, 0.15) is 22.3 Å². The summed E-state index contributed by atoms with van der Waals surface area (Å²) >= 11 is 0. The molecular weight excluding hydrogens is 675 g/mol. The lowest BCUT2D eigenvalue weighted by Gasteiger charge is -2.36. The molecule has 0 saturated heterocycles. The van der Waals surface area contributed by atoms with E-state index in [1.165, 1.54) is 83.6 Å². The minimum absolute atomic E-state index is 0.505. The molecule has 0 aromatic heterocycles. The first-order chi connectivity index (χ1) is 27.8. The van der Waals surface area contributed by atoms with Crippen molar-refractivity contribution < 1.29 is 0 Å². The van der Waals surface area contributed by atoms with E-state index in [0.29, 0.717) is 0 Å². The molecule has 11 rings (SSSR count). The molecule has 0 heterocycles. The number of nitrogens with zero attached hydrogens (tertiary/aromatic N) is 1. The molecule has 2 aliphatic rings. The van der Waals surface area contributed by atoms with Crippen molar-refractivity contribution in [3.8, 4) is 55.6 Å². The molecule has 0 aliphatic heterocycles. The summed E-state index contributed by atoms with van der Waals surface area (Å²) in [5.41, 5.74) is 20.5. The molecule has 9 aromatic carbocycles. The third kappa shape index (κ3) is 4.81. The zero-order valence-electron chi connectivity index (χ0n) is 30.8. The second kappa shape index (κ2) is 13.0. The standard InChI is InChI=1S/C55H37N/c1-4-17-38(18-5-1)40-31-34-43(35-32-40)56(52-36-33-42(39-19-6-2-7-20-39)37-48(52)41-21-8-3-9-22-41)53-30-16-26-47-46-25-12-15-29-51(46)55(54(47)53)49-27-13-10-23-44(49)45-24-11-14-28-50(45)55/h1-37H. The average molecular weight is 712 g/mol. The van der Waals surface area contributed by atoms with Gasteiger partial charge in [-0.15, -0.1) is 0 Å². The van der Waals surface area contributed by atoms with Gasteiger partial charge in [0.15, 0.2) is 0 Å². The SMILES string of the molecule is c1ccc(-c2ccc(N(c3ccc(-c4ccccc4)cc3-c3ccccc3)c3cccc4c3C3(c5ccccc5-c5ccccc53)c3ccccc3-4)cc2)cc1. The molecule has 0 fully saturated rings. The summed E-state index contributed by atoms with van der Waals surface area (Å²) in [4.78, 5) is 2.53. The molecule has 0 unspecified atom stereocenters. The Balaban J connectivity index is 1.23. The lowest BCUT2D eigenvalue weighted by molar-refractivity contribution is 0.793. The maximum Gasteiger partial charge on any atom is 0.0746 e. The Bertz CT molecular complexity index is 2830. The van der Waals surface area contributed by atoms with Crippen molar-refractivity contribution in [1.29, 1.82) is 0 Å². The average Bonchev–Trinajstić information content (AvgIpc) is 3.76. The van der Waals surface area contributed by atoms with Crippen molar-refractivity contribution in [2.24, 2.45) is 0 Å². The van der Waals surface area contributed by atoms with Crippen LogP contribution in [0.2, 0.25) is 0 Å². The predicted molar refractivity (Wildman–Crippen MR) is 234 cm³/mol. The van der Waals surface area contributed by atoms with Gasteiger partial charge in [0.05, 0.1) is 16.8 Å². The maximum atomic E-state index is 2.53. The monoisotopic (exact) mass is 711 g/mol. The Hall–Kier alpha value is -7.22. The number of fused-ring (bicyclic) bond motifs is 10. The van der Waals surface area contributed by atoms with E-state index in [-0.39, 0.29) is 0 Å². The number of hydrogen-bond donors (Lipinski definition) is 0. The van der Waals surface area contributed by atoms with Gasteiger partial charge in [-0.1, -0.05) is 194 Å². The molecule has 0 radical (unpaired) electrons. The Morgan fingerprint density at radius 2 is 0.696 bits per heavy atom. The van der Waals surface area contributed by atoms with Crippen molar-refractivity contribution in [1.82, 2.24) is 0 Å². The van der Waals surface area contributed by atoms with E-state index in [2.05, 4.69) is 229 Å². The topological polar surface area (TPSA) is 3.24 Å². The van der Waals surface area contributed by atoms with Crippen LogP contribution in [0.5, 0.6) is 0 Å². The second-order valence-electron chi connectivity index (χ2n) is 14.8. The van der Waals surface area contributed by atoms with E-state index in [4.69, 9.17) is 0 Å². The number of rotatable bonds is 6. The van der Waals surface area contributed by atoms with Gasteiger partial charge in [-0.05, 0) is 97.1 Å². The van der Waals surface area contributed by atoms with Crippen molar-refractivity contribution in [3.63, 3.8) is 0 Å². The summed E-state index contributed by atoms with van der Waals surface area (Å²) in [7, 11) is 0. The van der Waals surface area contributed by atoms with Gasteiger partial charge >= 0.3 is 0 Å². The van der Waals surface area contributed by atoms with Crippen LogP contribution in [0.4, 0.5) is 17.1 Å². The lowest BCUT2D eigenvalue weighted by atomic mass is 9.70. The van der Waals surface area contributed by atoms with Crippen LogP contribution in [-0.2, 0) is 5.41 Å². The van der Waals surface area contributed by atoms with Crippen LogP contribution < -0.4 is 4.90 Å². The highest BCUT2D eigenvalue weighted by Crippen LogP contribution is 2.65. The summed E-state index contributed by atoms with van der Waals surface area (Å²) in [5, 5.41) is 0. The third-order valence-electron chi connectivity index (χ3n) is 11.9. The van der Waals surface area contributed by atoms with Gasteiger partial charge in [0, 0.05) is 16.8 Å². The Morgan fingerprint density at radius 3 is 1.27 bits per heavy atom. The summed E-state index contributed by atoms with van der Waals surface area (Å²) in [6.07, 6.45) is 0. The normalized spacial score (nSPS) is 12.8. The smallest absolute Gasteiger partial charge is 0.0746 e. The maximum absolute atomic E-state index is 2.53. The first kappa shape index (κ1) is 32.2. The molecule has 9 aromatic rings. The van der Waals surface area contributed by atoms with Gasteiger partial charge in [0.2, 0.25) is 0 Å². The highest BCUT2D eigenvalue weighted by atomic mass is 15.1. The minimum Gasteiger partial charge on any atom is -0.310 e. The lowest BCUT2D eigenvalue weighted by Crippen LogP contribution is -2.28. The fraction of sp³-hybridized carbons (Fsp3) is 0.0182. The van der Waals surface area contributed by atoms with E-state index in [1.807, 2.05) is 0 Å². The van der Waals surface area contributed by atoms with Gasteiger partial charge in [0.1, 0.15) is 0 Å². The zero-order valence-corrected chi connectivity index (χ0v) is 30.8. The molecule has 0 atom stereocenters.